The highest BCUT2D eigenvalue weighted by atomic mass is 19.2. The third-order valence-corrected chi connectivity index (χ3v) is 3.82. The summed E-state index contributed by atoms with van der Waals surface area (Å²) in [5.41, 5.74) is -0.217. The van der Waals surface area contributed by atoms with Gasteiger partial charge in [0, 0.05) is 12.6 Å². The number of hydrogen-bond acceptors (Lipinski definition) is 3. The molecule has 0 spiro atoms. The van der Waals surface area contributed by atoms with E-state index in [1.807, 2.05) is 0 Å². The molecule has 1 aromatic heterocycles. The van der Waals surface area contributed by atoms with Gasteiger partial charge in [0.15, 0.2) is 17.2 Å². The van der Waals surface area contributed by atoms with E-state index in [9.17, 15) is 18.4 Å². The van der Waals surface area contributed by atoms with Gasteiger partial charge in [0.1, 0.15) is 0 Å². The summed E-state index contributed by atoms with van der Waals surface area (Å²) in [7, 11) is 0. The first-order chi connectivity index (χ1) is 11.7. The van der Waals surface area contributed by atoms with Crippen molar-refractivity contribution in [2.45, 2.75) is 38.6 Å². The number of rotatable bonds is 7. The van der Waals surface area contributed by atoms with Crippen LogP contribution in [0.5, 0.6) is 0 Å². The van der Waals surface area contributed by atoms with Crippen molar-refractivity contribution in [2.75, 3.05) is 5.32 Å². The third-order valence-electron chi connectivity index (χ3n) is 3.82. The van der Waals surface area contributed by atoms with Crippen molar-refractivity contribution in [1.82, 2.24) is 9.78 Å². The lowest BCUT2D eigenvalue weighted by Crippen LogP contribution is -2.35. The molecule has 0 radical (unpaired) electrons. The highest BCUT2D eigenvalue weighted by molar-refractivity contribution is 5.90. The van der Waals surface area contributed by atoms with Crippen molar-refractivity contribution >= 4 is 17.6 Å². The fourth-order valence-electron chi connectivity index (χ4n) is 2.16. The summed E-state index contributed by atoms with van der Waals surface area (Å²) in [6.07, 6.45) is 3.91. The van der Waals surface area contributed by atoms with E-state index in [0.29, 0.717) is 24.1 Å². The van der Waals surface area contributed by atoms with Crippen molar-refractivity contribution in [3.63, 3.8) is 0 Å². The monoisotopic (exact) mass is 351 g/mol. The zero-order valence-corrected chi connectivity index (χ0v) is 13.9. The van der Waals surface area contributed by atoms with Gasteiger partial charge in [-0.05, 0) is 44.4 Å². The summed E-state index contributed by atoms with van der Waals surface area (Å²) in [6.45, 7) is 2.99. The number of amides is 1. The molecular weight excluding hydrogens is 332 g/mol. The standard InChI is InChI=1S/C17H19F2N3O3/c1-17(2,16(24)25)22-10-12(9-20-22)21-15(23)5-3-4-11-6-7-13(18)14(19)8-11/h6-10H,3-5H2,1-2H3,(H,21,23)(H,24,25). The Bertz CT molecular complexity index is 787. The molecule has 0 aliphatic carbocycles. The fraction of sp³-hybridized carbons (Fsp3) is 0.353. The maximum atomic E-state index is 13.1. The van der Waals surface area contributed by atoms with E-state index < -0.39 is 23.1 Å². The molecule has 0 saturated heterocycles. The minimum Gasteiger partial charge on any atom is -0.479 e. The molecule has 1 aromatic carbocycles. The molecule has 8 heteroatoms. The van der Waals surface area contributed by atoms with Gasteiger partial charge in [-0.1, -0.05) is 6.07 Å². The summed E-state index contributed by atoms with van der Waals surface area (Å²) in [4.78, 5) is 23.1. The Morgan fingerprint density at radius 3 is 2.64 bits per heavy atom. The number of benzene rings is 1. The van der Waals surface area contributed by atoms with E-state index in [2.05, 4.69) is 10.4 Å². The van der Waals surface area contributed by atoms with Crippen molar-refractivity contribution in [1.29, 1.82) is 0 Å². The van der Waals surface area contributed by atoms with Crippen molar-refractivity contribution in [3.8, 4) is 0 Å². The molecule has 2 rings (SSSR count). The van der Waals surface area contributed by atoms with Crippen LogP contribution >= 0.6 is 0 Å². The van der Waals surface area contributed by atoms with Gasteiger partial charge in [-0.15, -0.1) is 0 Å². The normalized spacial score (nSPS) is 11.4. The zero-order chi connectivity index (χ0) is 18.6. The lowest BCUT2D eigenvalue weighted by Gasteiger charge is -2.19. The molecule has 0 aliphatic heterocycles. The van der Waals surface area contributed by atoms with Gasteiger partial charge in [0.25, 0.3) is 0 Å². The Balaban J connectivity index is 1.85. The number of nitrogens with one attached hydrogen (secondary N) is 1. The number of anilines is 1. The number of aromatic nitrogens is 2. The summed E-state index contributed by atoms with van der Waals surface area (Å²) in [6, 6.07) is 3.66. The smallest absolute Gasteiger partial charge is 0.331 e. The molecule has 1 amide bonds. The molecule has 0 atom stereocenters. The van der Waals surface area contributed by atoms with Crippen LogP contribution in [0, 0.1) is 11.6 Å². The highest BCUT2D eigenvalue weighted by Gasteiger charge is 2.30. The first kappa shape index (κ1) is 18.6. The van der Waals surface area contributed by atoms with Gasteiger partial charge < -0.3 is 10.4 Å². The molecule has 6 nitrogen and oxygen atoms in total. The lowest BCUT2D eigenvalue weighted by atomic mass is 10.1. The number of nitrogens with zero attached hydrogens (tertiary/aromatic N) is 2. The van der Waals surface area contributed by atoms with Gasteiger partial charge in [0.2, 0.25) is 5.91 Å². The van der Waals surface area contributed by atoms with Crippen molar-refractivity contribution < 1.29 is 23.5 Å². The molecule has 2 aromatic rings. The van der Waals surface area contributed by atoms with Gasteiger partial charge in [-0.2, -0.15) is 5.10 Å². The quantitative estimate of drug-likeness (QED) is 0.803. The van der Waals surface area contributed by atoms with Gasteiger partial charge >= 0.3 is 5.97 Å². The Morgan fingerprint density at radius 1 is 1.28 bits per heavy atom. The second-order valence-electron chi connectivity index (χ2n) is 6.19. The largest absolute Gasteiger partial charge is 0.479 e. The Hall–Kier alpha value is -2.77. The maximum Gasteiger partial charge on any atom is 0.331 e. The number of carboxylic acids is 1. The van der Waals surface area contributed by atoms with E-state index >= 15 is 0 Å². The zero-order valence-electron chi connectivity index (χ0n) is 13.9. The second-order valence-corrected chi connectivity index (χ2v) is 6.19. The minimum absolute atomic E-state index is 0.187. The topological polar surface area (TPSA) is 84.2 Å². The summed E-state index contributed by atoms with van der Waals surface area (Å²) in [5, 5.41) is 15.7. The number of aliphatic carboxylic acids is 1. The molecule has 1 heterocycles. The lowest BCUT2D eigenvalue weighted by molar-refractivity contribution is -0.146. The van der Waals surface area contributed by atoms with Gasteiger partial charge in [0.05, 0.1) is 11.9 Å². The number of hydrogen-bond donors (Lipinski definition) is 2. The molecular formula is C17H19F2N3O3. The number of aryl methyl sites for hydroxylation is 1. The van der Waals surface area contributed by atoms with E-state index in [1.165, 1.54) is 37.0 Å². The number of carbonyl (C=O) groups excluding carboxylic acids is 1. The van der Waals surface area contributed by atoms with E-state index in [-0.39, 0.29) is 12.3 Å². The SMILES string of the molecule is CC(C)(C(=O)O)n1cc(NC(=O)CCCc2ccc(F)c(F)c2)cn1. The van der Waals surface area contributed by atoms with Crippen LogP contribution in [0.15, 0.2) is 30.6 Å². The predicted molar refractivity (Wildman–Crippen MR) is 87.1 cm³/mol. The number of carboxylic acid groups (broad SMARTS) is 1. The van der Waals surface area contributed by atoms with Crippen LogP contribution in [0.2, 0.25) is 0 Å². The first-order valence-corrected chi connectivity index (χ1v) is 7.72. The first-order valence-electron chi connectivity index (χ1n) is 7.72. The van der Waals surface area contributed by atoms with E-state index in [0.717, 1.165) is 12.1 Å². The van der Waals surface area contributed by atoms with E-state index in [4.69, 9.17) is 5.11 Å². The third kappa shape index (κ3) is 4.62. The molecule has 0 saturated carbocycles. The number of halogens is 2. The van der Waals surface area contributed by atoms with Crippen LogP contribution in [0.4, 0.5) is 14.5 Å². The maximum absolute atomic E-state index is 13.1. The Kier molecular flexibility index (Phi) is 5.51. The molecule has 134 valence electrons. The van der Waals surface area contributed by atoms with Crippen LogP contribution in [0.25, 0.3) is 0 Å². The van der Waals surface area contributed by atoms with Crippen LogP contribution in [-0.4, -0.2) is 26.8 Å². The van der Waals surface area contributed by atoms with Crippen LogP contribution in [-0.2, 0) is 21.5 Å². The molecule has 25 heavy (non-hydrogen) atoms. The number of carbonyl (C=O) groups is 2. The van der Waals surface area contributed by atoms with Crippen molar-refractivity contribution in [2.24, 2.45) is 0 Å². The van der Waals surface area contributed by atoms with Gasteiger partial charge in [-0.3, -0.25) is 9.48 Å². The molecule has 0 fully saturated rings. The fourth-order valence-corrected chi connectivity index (χ4v) is 2.16. The molecule has 0 unspecified atom stereocenters. The van der Waals surface area contributed by atoms with Gasteiger partial charge in [-0.25, -0.2) is 13.6 Å². The van der Waals surface area contributed by atoms with Crippen LogP contribution in [0.3, 0.4) is 0 Å². The summed E-state index contributed by atoms with van der Waals surface area (Å²) < 4.78 is 27.2. The van der Waals surface area contributed by atoms with Crippen molar-refractivity contribution in [3.05, 3.63) is 47.8 Å². The van der Waals surface area contributed by atoms with Crippen LogP contribution < -0.4 is 5.32 Å². The summed E-state index contributed by atoms with van der Waals surface area (Å²) >= 11 is 0. The van der Waals surface area contributed by atoms with Crippen LogP contribution in [0.1, 0.15) is 32.3 Å². The van der Waals surface area contributed by atoms with E-state index in [1.54, 1.807) is 0 Å². The highest BCUT2D eigenvalue weighted by Crippen LogP contribution is 2.18. The minimum atomic E-state index is -1.23. The summed E-state index contributed by atoms with van der Waals surface area (Å²) in [5.74, 6) is -3.12. The second kappa shape index (κ2) is 7.42. The molecule has 0 bridgehead atoms. The average molecular weight is 351 g/mol. The molecule has 0 aliphatic rings. The average Bonchev–Trinajstić information content (AvgIpc) is 2.99. The molecule has 2 N–H and O–H groups in total. The Labute approximate surface area is 143 Å². The Morgan fingerprint density at radius 2 is 2.00 bits per heavy atom. The predicted octanol–water partition coefficient (Wildman–Crippen LogP) is 2.94.